The number of carbonyl (C=O) groups excluding carboxylic acids is 2. The molecule has 1 aliphatic heterocycles. The van der Waals surface area contributed by atoms with E-state index in [1.165, 1.54) is 13.2 Å². The van der Waals surface area contributed by atoms with Crippen molar-refractivity contribution in [3.05, 3.63) is 74.3 Å². The number of benzene rings is 2. The molecule has 2 aromatic rings. The highest BCUT2D eigenvalue weighted by Gasteiger charge is 2.34. The predicted molar refractivity (Wildman–Crippen MR) is 129 cm³/mol. The number of amides is 1. The highest BCUT2D eigenvalue weighted by atomic mass is 35.5. The Kier molecular flexibility index (Phi) is 7.84. The van der Waals surface area contributed by atoms with Gasteiger partial charge in [-0.1, -0.05) is 35.5 Å². The van der Waals surface area contributed by atoms with E-state index < -0.39 is 11.9 Å². The van der Waals surface area contributed by atoms with Crippen molar-refractivity contribution >= 4 is 46.4 Å². The number of halogens is 1. The molecule has 1 N–H and O–H groups in total. The third-order valence-electron chi connectivity index (χ3n) is 4.77. The van der Waals surface area contributed by atoms with E-state index in [0.717, 1.165) is 17.3 Å². The Balaban J connectivity index is 2.09. The van der Waals surface area contributed by atoms with E-state index in [0.29, 0.717) is 22.0 Å². The van der Waals surface area contributed by atoms with Gasteiger partial charge in [0.15, 0.2) is 0 Å². The Hall–Kier alpha value is -3.23. The maximum absolute atomic E-state index is 12.7. The number of methoxy groups -OCH3 is 2. The number of aliphatic imine (C=N–C) groups is 1. The van der Waals surface area contributed by atoms with Crippen LogP contribution in [0.2, 0.25) is 5.02 Å². The molecule has 0 atom stereocenters. The molecule has 0 radical (unpaired) electrons. The minimum Gasteiger partial charge on any atom is -0.506 e. The molecule has 0 saturated heterocycles. The molecule has 0 aliphatic carbocycles. The first-order valence-electron chi connectivity index (χ1n) is 9.92. The van der Waals surface area contributed by atoms with E-state index in [4.69, 9.17) is 25.8 Å². The highest BCUT2D eigenvalue weighted by molar-refractivity contribution is 8.18. The summed E-state index contributed by atoms with van der Waals surface area (Å²) >= 11 is 7.08. The van der Waals surface area contributed by atoms with Gasteiger partial charge in [-0.25, -0.2) is 9.79 Å². The summed E-state index contributed by atoms with van der Waals surface area (Å²) in [7, 11) is 3.09. The molecule has 0 aromatic heterocycles. The molecule has 9 heteroatoms. The molecule has 172 valence electrons. The highest BCUT2D eigenvalue weighted by Crippen LogP contribution is 2.41. The van der Waals surface area contributed by atoms with Crippen molar-refractivity contribution in [2.24, 2.45) is 4.99 Å². The van der Waals surface area contributed by atoms with E-state index >= 15 is 0 Å². The summed E-state index contributed by atoms with van der Waals surface area (Å²) < 4.78 is 15.9. The summed E-state index contributed by atoms with van der Waals surface area (Å²) in [4.78, 5) is 29.7. The van der Waals surface area contributed by atoms with Gasteiger partial charge in [0.25, 0.3) is 5.91 Å². The van der Waals surface area contributed by atoms with E-state index in [9.17, 15) is 14.7 Å². The topological polar surface area (TPSA) is 94.4 Å². The summed E-state index contributed by atoms with van der Waals surface area (Å²) in [6.07, 6.45) is 1.65. The molecule has 33 heavy (non-hydrogen) atoms. The lowest BCUT2D eigenvalue weighted by atomic mass is 10.1. The number of nitrogens with zero attached hydrogens (tertiary/aromatic N) is 1. The number of carbonyl (C=O) groups is 2. The van der Waals surface area contributed by atoms with Crippen LogP contribution in [0.15, 0.2) is 57.6 Å². The summed E-state index contributed by atoms with van der Waals surface area (Å²) in [5, 5.41) is 11.1. The average Bonchev–Trinajstić information content (AvgIpc) is 3.09. The number of rotatable bonds is 6. The number of thioether (sulfide) groups is 1. The van der Waals surface area contributed by atoms with Gasteiger partial charge in [0.1, 0.15) is 27.9 Å². The van der Waals surface area contributed by atoms with E-state index in [1.807, 2.05) is 6.92 Å². The number of esters is 1. The molecule has 0 fully saturated rings. The normalized spacial score (nSPS) is 15.8. The second-order valence-electron chi connectivity index (χ2n) is 6.77. The third kappa shape index (κ3) is 5.07. The molecule has 0 spiro atoms. The first kappa shape index (κ1) is 24.4. The van der Waals surface area contributed by atoms with E-state index in [2.05, 4.69) is 4.99 Å². The monoisotopic (exact) mass is 487 g/mol. The van der Waals surface area contributed by atoms with Crippen LogP contribution in [-0.4, -0.2) is 42.9 Å². The van der Waals surface area contributed by atoms with E-state index in [-0.39, 0.29) is 33.6 Å². The molecular weight excluding hydrogens is 466 g/mol. The maximum Gasteiger partial charge on any atom is 0.344 e. The molecule has 7 nitrogen and oxygen atoms in total. The fraction of sp³-hybridized carbons (Fsp3) is 0.208. The van der Waals surface area contributed by atoms with Crippen molar-refractivity contribution in [2.75, 3.05) is 20.8 Å². The lowest BCUT2D eigenvalue weighted by Gasteiger charge is -2.12. The Morgan fingerprint density at radius 1 is 1.15 bits per heavy atom. The van der Waals surface area contributed by atoms with Crippen LogP contribution in [0.1, 0.15) is 28.4 Å². The molecule has 1 aliphatic rings. The van der Waals surface area contributed by atoms with Crippen LogP contribution in [0.3, 0.4) is 0 Å². The maximum atomic E-state index is 12.7. The van der Waals surface area contributed by atoms with Gasteiger partial charge in [-0.3, -0.25) is 4.79 Å². The predicted octanol–water partition coefficient (Wildman–Crippen LogP) is 5.37. The molecule has 0 bridgehead atoms. The summed E-state index contributed by atoms with van der Waals surface area (Å²) in [5.41, 5.74) is 1.42. The standard InChI is InChI=1S/C24H22ClNO6S/c1-5-32-24(29)19-20(27)18(12-14-10-11-17(30-3)13(2)21(14)31-4)33-23(19)26-22(28)15-8-6-7-9-16(15)25/h6-12,27H,5H2,1-4H3. The molecule has 1 heterocycles. The van der Waals surface area contributed by atoms with Crippen LogP contribution < -0.4 is 9.47 Å². The quantitative estimate of drug-likeness (QED) is 0.547. The van der Waals surface area contributed by atoms with Crippen LogP contribution in [0.4, 0.5) is 0 Å². The second kappa shape index (κ2) is 10.6. The molecule has 3 rings (SSSR count). The molecular formula is C24H22ClNO6S. The first-order valence-corrected chi connectivity index (χ1v) is 11.1. The Morgan fingerprint density at radius 3 is 2.52 bits per heavy atom. The summed E-state index contributed by atoms with van der Waals surface area (Å²) in [5.74, 6) is -0.566. The van der Waals surface area contributed by atoms with Crippen molar-refractivity contribution in [1.29, 1.82) is 0 Å². The zero-order valence-corrected chi connectivity index (χ0v) is 20.0. The van der Waals surface area contributed by atoms with Gasteiger partial charge in [-0.05, 0) is 44.2 Å². The van der Waals surface area contributed by atoms with Gasteiger partial charge >= 0.3 is 5.97 Å². The zero-order chi connectivity index (χ0) is 24.1. The number of aliphatic hydroxyl groups excluding tert-OH is 1. The van der Waals surface area contributed by atoms with Gasteiger partial charge in [0, 0.05) is 11.1 Å². The SMILES string of the molecule is CCOC(=O)C1=C(O)C(=Cc2ccc(OC)c(C)c2OC)SC1=NC(=O)c1ccccc1Cl. The second-order valence-corrected chi connectivity index (χ2v) is 8.21. The number of aliphatic hydroxyl groups is 1. The minimum atomic E-state index is -0.783. The minimum absolute atomic E-state index is 0.0197. The Bertz CT molecular complexity index is 1200. The lowest BCUT2D eigenvalue weighted by molar-refractivity contribution is -0.138. The average molecular weight is 488 g/mol. The van der Waals surface area contributed by atoms with Crippen LogP contribution in [-0.2, 0) is 9.53 Å². The van der Waals surface area contributed by atoms with Crippen LogP contribution in [0, 0.1) is 6.92 Å². The zero-order valence-electron chi connectivity index (χ0n) is 18.5. The first-order chi connectivity index (χ1) is 15.8. The molecule has 2 aromatic carbocycles. The molecule has 0 unspecified atom stereocenters. The van der Waals surface area contributed by atoms with Crippen LogP contribution >= 0.6 is 23.4 Å². The van der Waals surface area contributed by atoms with Crippen molar-refractivity contribution in [2.45, 2.75) is 13.8 Å². The number of hydrogen-bond acceptors (Lipinski definition) is 7. The number of hydrogen-bond donors (Lipinski definition) is 1. The number of ether oxygens (including phenoxy) is 3. The fourth-order valence-corrected chi connectivity index (χ4v) is 4.44. The molecule has 0 saturated carbocycles. The third-order valence-corrected chi connectivity index (χ3v) is 6.12. The largest absolute Gasteiger partial charge is 0.506 e. The smallest absolute Gasteiger partial charge is 0.344 e. The fourth-order valence-electron chi connectivity index (χ4n) is 3.22. The summed E-state index contributed by atoms with van der Waals surface area (Å²) in [6, 6.07) is 9.98. The Labute approximate surface area is 200 Å². The van der Waals surface area contributed by atoms with Gasteiger partial charge in [0.05, 0.1) is 36.3 Å². The van der Waals surface area contributed by atoms with Crippen molar-refractivity contribution in [1.82, 2.24) is 0 Å². The summed E-state index contributed by atoms with van der Waals surface area (Å²) in [6.45, 7) is 3.58. The van der Waals surface area contributed by atoms with Gasteiger partial charge < -0.3 is 19.3 Å². The van der Waals surface area contributed by atoms with Crippen molar-refractivity contribution < 1.29 is 28.9 Å². The van der Waals surface area contributed by atoms with Gasteiger partial charge in [0.2, 0.25) is 0 Å². The molecule has 1 amide bonds. The van der Waals surface area contributed by atoms with Crippen LogP contribution in [0.25, 0.3) is 6.08 Å². The lowest BCUT2D eigenvalue weighted by Crippen LogP contribution is -2.14. The van der Waals surface area contributed by atoms with E-state index in [1.54, 1.807) is 50.4 Å². The van der Waals surface area contributed by atoms with Gasteiger partial charge in [-0.15, -0.1) is 0 Å². The van der Waals surface area contributed by atoms with Gasteiger partial charge in [-0.2, -0.15) is 0 Å². The van der Waals surface area contributed by atoms with Crippen molar-refractivity contribution in [3.63, 3.8) is 0 Å². The van der Waals surface area contributed by atoms with Crippen LogP contribution in [0.5, 0.6) is 11.5 Å². The Morgan fingerprint density at radius 2 is 1.88 bits per heavy atom. The van der Waals surface area contributed by atoms with Crippen molar-refractivity contribution in [3.8, 4) is 11.5 Å².